The van der Waals surface area contributed by atoms with Gasteiger partial charge in [0.15, 0.2) is 0 Å². The van der Waals surface area contributed by atoms with Crippen LogP contribution in [-0.2, 0) is 11.3 Å². The molecule has 0 saturated carbocycles. The van der Waals surface area contributed by atoms with Crippen LogP contribution in [0.4, 0.5) is 0 Å². The number of nitrogens with zero attached hydrogens (tertiary/aromatic N) is 1. The predicted molar refractivity (Wildman–Crippen MR) is 86.3 cm³/mol. The van der Waals surface area contributed by atoms with Crippen molar-refractivity contribution in [3.63, 3.8) is 0 Å². The second kappa shape index (κ2) is 9.17. The van der Waals surface area contributed by atoms with Crippen LogP contribution < -0.4 is 10.1 Å². The van der Waals surface area contributed by atoms with Gasteiger partial charge in [-0.2, -0.15) is 0 Å². The molecular formula is C16H20N2O3S. The molecule has 0 aliphatic heterocycles. The molecule has 1 aromatic heterocycles. The van der Waals surface area contributed by atoms with Crippen molar-refractivity contribution in [2.45, 2.75) is 20.0 Å². The van der Waals surface area contributed by atoms with E-state index < -0.39 is 0 Å². The minimum Gasteiger partial charge on any atom is -0.487 e. The van der Waals surface area contributed by atoms with E-state index >= 15 is 0 Å². The van der Waals surface area contributed by atoms with Gasteiger partial charge in [-0.3, -0.25) is 4.79 Å². The summed E-state index contributed by atoms with van der Waals surface area (Å²) in [5, 5.41) is 4.81. The van der Waals surface area contributed by atoms with Gasteiger partial charge in [0.05, 0.1) is 11.2 Å². The highest BCUT2D eigenvalue weighted by Crippen LogP contribution is 2.14. The number of amides is 1. The van der Waals surface area contributed by atoms with Gasteiger partial charge in [-0.15, -0.1) is 11.3 Å². The Kier molecular flexibility index (Phi) is 6.86. The summed E-state index contributed by atoms with van der Waals surface area (Å²) in [4.78, 5) is 16.1. The van der Waals surface area contributed by atoms with E-state index in [2.05, 4.69) is 10.3 Å². The molecule has 22 heavy (non-hydrogen) atoms. The van der Waals surface area contributed by atoms with E-state index in [1.807, 2.05) is 12.3 Å². The second-order valence-corrected chi connectivity index (χ2v) is 5.32. The van der Waals surface area contributed by atoms with Crippen molar-refractivity contribution in [2.24, 2.45) is 0 Å². The van der Waals surface area contributed by atoms with E-state index in [1.165, 1.54) is 0 Å². The quantitative estimate of drug-likeness (QED) is 0.722. The molecule has 0 fully saturated rings. The molecule has 0 atom stereocenters. The molecule has 0 spiro atoms. The lowest BCUT2D eigenvalue weighted by molar-refractivity contribution is 0.0944. The van der Waals surface area contributed by atoms with Gasteiger partial charge in [-0.25, -0.2) is 4.98 Å². The smallest absolute Gasteiger partial charge is 0.251 e. The molecule has 1 amide bonds. The number of carbonyl (C=O) groups is 1. The van der Waals surface area contributed by atoms with Crippen LogP contribution in [0.15, 0.2) is 35.2 Å². The average Bonchev–Trinajstić information content (AvgIpc) is 3.06. The Morgan fingerprint density at radius 1 is 1.32 bits per heavy atom. The highest BCUT2D eigenvalue weighted by Gasteiger charge is 2.05. The standard InChI is InChI=1S/C16H20N2O3S/c1-2-20-9-3-8-17-16(19)13-4-6-15(7-5-13)21-10-14-11-22-12-18-14/h4-7,11-12H,2-3,8-10H2,1H3,(H,17,19). The van der Waals surface area contributed by atoms with Crippen LogP contribution in [0, 0.1) is 0 Å². The second-order valence-electron chi connectivity index (χ2n) is 4.60. The maximum atomic E-state index is 11.9. The predicted octanol–water partition coefficient (Wildman–Crippen LogP) is 2.88. The topological polar surface area (TPSA) is 60.5 Å². The van der Waals surface area contributed by atoms with Crippen molar-refractivity contribution in [3.05, 3.63) is 46.4 Å². The molecule has 0 aliphatic carbocycles. The zero-order valence-electron chi connectivity index (χ0n) is 12.6. The van der Waals surface area contributed by atoms with Crippen molar-refractivity contribution in [1.29, 1.82) is 0 Å². The summed E-state index contributed by atoms with van der Waals surface area (Å²) in [6.45, 7) is 4.38. The number of aromatic nitrogens is 1. The average molecular weight is 320 g/mol. The van der Waals surface area contributed by atoms with Crippen LogP contribution in [0.1, 0.15) is 29.4 Å². The first-order valence-corrected chi connectivity index (χ1v) is 8.19. The molecule has 5 nitrogen and oxygen atoms in total. The lowest BCUT2D eigenvalue weighted by atomic mass is 10.2. The SMILES string of the molecule is CCOCCCNC(=O)c1ccc(OCc2cscn2)cc1. The third-order valence-corrected chi connectivity index (χ3v) is 3.58. The van der Waals surface area contributed by atoms with Crippen LogP contribution in [0.5, 0.6) is 5.75 Å². The van der Waals surface area contributed by atoms with Gasteiger partial charge in [0.1, 0.15) is 12.4 Å². The van der Waals surface area contributed by atoms with E-state index in [1.54, 1.807) is 41.1 Å². The van der Waals surface area contributed by atoms with E-state index in [0.717, 1.165) is 17.9 Å². The molecule has 2 aromatic rings. The molecule has 0 radical (unpaired) electrons. The van der Waals surface area contributed by atoms with Gasteiger partial charge in [-0.05, 0) is 37.6 Å². The Hall–Kier alpha value is -1.92. The molecule has 1 heterocycles. The molecular weight excluding hydrogens is 300 g/mol. The Morgan fingerprint density at radius 3 is 2.82 bits per heavy atom. The maximum Gasteiger partial charge on any atom is 0.251 e. The first-order chi connectivity index (χ1) is 10.8. The van der Waals surface area contributed by atoms with Crippen LogP contribution >= 0.6 is 11.3 Å². The van der Waals surface area contributed by atoms with Gasteiger partial charge in [0.25, 0.3) is 5.91 Å². The number of rotatable bonds is 9. The minimum atomic E-state index is -0.0810. The molecule has 2 rings (SSSR count). The molecule has 1 aromatic carbocycles. The number of hydrogen-bond acceptors (Lipinski definition) is 5. The Morgan fingerprint density at radius 2 is 2.14 bits per heavy atom. The normalized spacial score (nSPS) is 10.4. The Balaban J connectivity index is 1.74. The third-order valence-electron chi connectivity index (χ3n) is 2.94. The highest BCUT2D eigenvalue weighted by molar-refractivity contribution is 7.07. The van der Waals surface area contributed by atoms with Gasteiger partial charge >= 0.3 is 0 Å². The lowest BCUT2D eigenvalue weighted by Gasteiger charge is -2.07. The van der Waals surface area contributed by atoms with Crippen LogP contribution in [0.3, 0.4) is 0 Å². The van der Waals surface area contributed by atoms with Gasteiger partial charge < -0.3 is 14.8 Å². The molecule has 6 heteroatoms. The van der Waals surface area contributed by atoms with Gasteiger partial charge in [-0.1, -0.05) is 0 Å². The fourth-order valence-corrected chi connectivity index (χ4v) is 2.33. The van der Waals surface area contributed by atoms with Crippen LogP contribution in [-0.4, -0.2) is 30.6 Å². The zero-order valence-corrected chi connectivity index (χ0v) is 13.4. The van der Waals surface area contributed by atoms with Crippen molar-refractivity contribution in [2.75, 3.05) is 19.8 Å². The van der Waals surface area contributed by atoms with Crippen molar-refractivity contribution in [3.8, 4) is 5.75 Å². The van der Waals surface area contributed by atoms with Crippen molar-refractivity contribution < 1.29 is 14.3 Å². The molecule has 0 saturated heterocycles. The molecule has 0 bridgehead atoms. The zero-order chi connectivity index (χ0) is 15.6. The third kappa shape index (κ3) is 5.46. The van der Waals surface area contributed by atoms with E-state index in [9.17, 15) is 4.79 Å². The van der Waals surface area contributed by atoms with Crippen molar-refractivity contribution >= 4 is 17.2 Å². The fraction of sp³-hybridized carbons (Fsp3) is 0.375. The van der Waals surface area contributed by atoms with Gasteiger partial charge in [0, 0.05) is 30.7 Å². The number of ether oxygens (including phenoxy) is 2. The number of carbonyl (C=O) groups excluding carboxylic acids is 1. The number of nitrogens with one attached hydrogen (secondary N) is 1. The van der Waals surface area contributed by atoms with Crippen molar-refractivity contribution in [1.82, 2.24) is 10.3 Å². The summed E-state index contributed by atoms with van der Waals surface area (Å²) >= 11 is 1.54. The summed E-state index contributed by atoms with van der Waals surface area (Å²) in [6.07, 6.45) is 0.814. The summed E-state index contributed by atoms with van der Waals surface area (Å²) in [5.74, 6) is 0.642. The molecule has 0 aliphatic rings. The Bertz CT molecular complexity index is 555. The fourth-order valence-electron chi connectivity index (χ4n) is 1.79. The number of hydrogen-bond donors (Lipinski definition) is 1. The summed E-state index contributed by atoms with van der Waals surface area (Å²) in [7, 11) is 0. The minimum absolute atomic E-state index is 0.0810. The monoisotopic (exact) mass is 320 g/mol. The largest absolute Gasteiger partial charge is 0.487 e. The Labute approximate surface area is 134 Å². The van der Waals surface area contributed by atoms with Crippen LogP contribution in [0.2, 0.25) is 0 Å². The molecule has 0 unspecified atom stereocenters. The van der Waals surface area contributed by atoms with E-state index in [0.29, 0.717) is 31.9 Å². The van der Waals surface area contributed by atoms with E-state index in [4.69, 9.17) is 9.47 Å². The van der Waals surface area contributed by atoms with E-state index in [-0.39, 0.29) is 5.91 Å². The van der Waals surface area contributed by atoms with Crippen LogP contribution in [0.25, 0.3) is 0 Å². The number of thiazole rings is 1. The number of benzene rings is 1. The first-order valence-electron chi connectivity index (χ1n) is 7.25. The lowest BCUT2D eigenvalue weighted by Crippen LogP contribution is -2.25. The maximum absolute atomic E-state index is 11.9. The first kappa shape index (κ1) is 16.5. The highest BCUT2D eigenvalue weighted by atomic mass is 32.1. The molecule has 118 valence electrons. The summed E-state index contributed by atoms with van der Waals surface area (Å²) in [5.41, 5.74) is 3.30. The molecule has 1 N–H and O–H groups in total. The van der Waals surface area contributed by atoms with Gasteiger partial charge in [0.2, 0.25) is 0 Å². The summed E-state index contributed by atoms with van der Waals surface area (Å²) in [6, 6.07) is 7.10. The summed E-state index contributed by atoms with van der Waals surface area (Å²) < 4.78 is 10.8.